The van der Waals surface area contributed by atoms with Gasteiger partial charge < -0.3 is 27.4 Å². The van der Waals surface area contributed by atoms with Crippen molar-refractivity contribution in [2.75, 3.05) is 13.6 Å². The van der Waals surface area contributed by atoms with Crippen LogP contribution in [0.1, 0.15) is 66.2 Å². The minimum atomic E-state index is -0.276. The molecule has 1 saturated heterocycles. The second-order valence-corrected chi connectivity index (χ2v) is 8.49. The van der Waals surface area contributed by atoms with Crippen LogP contribution >= 0.6 is 0 Å². The molecule has 9 N–H and O–H groups in total. The predicted molar refractivity (Wildman–Crippen MR) is 116 cm³/mol. The van der Waals surface area contributed by atoms with Gasteiger partial charge in [-0.1, -0.05) is 33.6 Å². The van der Waals surface area contributed by atoms with E-state index in [1.807, 2.05) is 0 Å². The largest absolute Gasteiger partial charge is 0.403 e. The maximum absolute atomic E-state index is 6.25. The first-order valence-corrected chi connectivity index (χ1v) is 10.7. The summed E-state index contributed by atoms with van der Waals surface area (Å²) in [6.07, 6.45) is 8.23. The van der Waals surface area contributed by atoms with Crippen molar-refractivity contribution in [3.63, 3.8) is 0 Å². The monoisotopic (exact) mass is 383 g/mol. The highest BCUT2D eigenvalue weighted by molar-refractivity contribution is 5.11. The average Bonchev–Trinajstić information content (AvgIpc) is 2.62. The van der Waals surface area contributed by atoms with Crippen molar-refractivity contribution in [2.24, 2.45) is 23.1 Å². The summed E-state index contributed by atoms with van der Waals surface area (Å²) in [6, 6.07) is 0.730. The molecule has 1 aliphatic rings. The summed E-state index contributed by atoms with van der Waals surface area (Å²) in [5, 5.41) is 10.3. The van der Waals surface area contributed by atoms with Gasteiger partial charge in [0, 0.05) is 37.6 Å². The highest BCUT2D eigenvalue weighted by atomic mass is 15.3. The maximum atomic E-state index is 6.25. The number of unbranched alkanes of at least 4 members (excludes halogenated alkanes) is 1. The molecule has 7 heteroatoms. The molecule has 0 aromatic heterocycles. The van der Waals surface area contributed by atoms with E-state index in [0.29, 0.717) is 12.0 Å². The van der Waals surface area contributed by atoms with Gasteiger partial charge in [0.15, 0.2) is 0 Å². The van der Waals surface area contributed by atoms with Crippen LogP contribution in [-0.4, -0.2) is 49.1 Å². The van der Waals surface area contributed by atoms with Gasteiger partial charge in [0.1, 0.15) is 6.29 Å². The van der Waals surface area contributed by atoms with Gasteiger partial charge in [-0.2, -0.15) is 0 Å². The lowest BCUT2D eigenvalue weighted by molar-refractivity contribution is 0.194. The molecule has 0 bridgehead atoms. The van der Waals surface area contributed by atoms with Crippen LogP contribution in [0.15, 0.2) is 11.9 Å². The number of likely N-dealkylation sites (N-methyl/N-ethyl adjacent to an activating group) is 1. The first kappa shape index (κ1) is 24.2. The number of nitrogens with two attached hydrogens (primary N) is 3. The van der Waals surface area contributed by atoms with E-state index in [4.69, 9.17) is 17.2 Å². The van der Waals surface area contributed by atoms with Gasteiger partial charge in [-0.3, -0.25) is 10.6 Å². The predicted octanol–water partition coefficient (Wildman–Crippen LogP) is 1.17. The number of nitrogens with one attached hydrogen (secondary N) is 3. The van der Waals surface area contributed by atoms with E-state index in [-0.39, 0.29) is 24.5 Å². The van der Waals surface area contributed by atoms with Crippen molar-refractivity contribution in [2.45, 2.75) is 96.8 Å². The molecule has 160 valence electrons. The van der Waals surface area contributed by atoms with Crippen LogP contribution in [0.2, 0.25) is 0 Å². The Labute approximate surface area is 166 Å². The topological polar surface area (TPSA) is 117 Å². The van der Waals surface area contributed by atoms with Crippen molar-refractivity contribution in [1.29, 1.82) is 0 Å². The van der Waals surface area contributed by atoms with Crippen molar-refractivity contribution >= 4 is 0 Å². The minimum Gasteiger partial charge on any atom is -0.403 e. The molecule has 0 aliphatic carbocycles. The number of nitrogens with zero attached hydrogens (tertiary/aromatic N) is 1. The quantitative estimate of drug-likeness (QED) is 0.299. The van der Waals surface area contributed by atoms with E-state index in [9.17, 15) is 0 Å². The molecule has 27 heavy (non-hydrogen) atoms. The zero-order valence-corrected chi connectivity index (χ0v) is 18.2. The van der Waals surface area contributed by atoms with Gasteiger partial charge in [0.25, 0.3) is 0 Å². The van der Waals surface area contributed by atoms with Crippen LogP contribution in [0.5, 0.6) is 0 Å². The van der Waals surface area contributed by atoms with Crippen molar-refractivity contribution in [3.8, 4) is 0 Å². The standard InChI is InChI=1S/C20H45N7/c1-6-7-8-15(4)27(5)18(12-21)17-11-19(26-20(23)25-17)24-13-16(22)10-9-14(2)3/h12,14-17,19-20,24-26H,6-11,13,21-23H2,1-5H3/b18-12-/t15-,16-,17?,19+,20?/m1/s1. The highest BCUT2D eigenvalue weighted by Crippen LogP contribution is 2.19. The van der Waals surface area contributed by atoms with E-state index in [2.05, 4.69) is 55.6 Å². The lowest BCUT2D eigenvalue weighted by Crippen LogP contribution is -2.67. The normalized spacial score (nSPS) is 26.2. The molecule has 1 rings (SSSR count). The van der Waals surface area contributed by atoms with Crippen molar-refractivity contribution in [1.82, 2.24) is 20.9 Å². The van der Waals surface area contributed by atoms with Crippen LogP contribution in [0, 0.1) is 5.92 Å². The summed E-state index contributed by atoms with van der Waals surface area (Å²) >= 11 is 0. The fourth-order valence-corrected chi connectivity index (χ4v) is 3.57. The van der Waals surface area contributed by atoms with Gasteiger partial charge in [-0.25, -0.2) is 0 Å². The molecule has 0 aromatic carbocycles. The van der Waals surface area contributed by atoms with Crippen LogP contribution in [-0.2, 0) is 0 Å². The highest BCUT2D eigenvalue weighted by Gasteiger charge is 2.30. The third-order valence-electron chi connectivity index (χ3n) is 5.55. The summed E-state index contributed by atoms with van der Waals surface area (Å²) in [4.78, 5) is 2.29. The number of hydrogen-bond acceptors (Lipinski definition) is 7. The van der Waals surface area contributed by atoms with Crippen LogP contribution < -0.4 is 33.2 Å². The fourth-order valence-electron chi connectivity index (χ4n) is 3.57. The molecule has 2 unspecified atom stereocenters. The lowest BCUT2D eigenvalue weighted by atomic mass is 10.0. The van der Waals surface area contributed by atoms with Gasteiger partial charge in [0.2, 0.25) is 0 Å². The van der Waals surface area contributed by atoms with Gasteiger partial charge in [0.05, 0.1) is 12.2 Å². The average molecular weight is 384 g/mol. The molecule has 1 fully saturated rings. The molecule has 0 saturated carbocycles. The molecule has 0 radical (unpaired) electrons. The van der Waals surface area contributed by atoms with Gasteiger partial charge in [-0.15, -0.1) is 0 Å². The summed E-state index contributed by atoms with van der Waals surface area (Å²) < 4.78 is 0. The maximum Gasteiger partial charge on any atom is 0.111 e. The molecule has 0 spiro atoms. The molecule has 0 aromatic rings. The second-order valence-electron chi connectivity index (χ2n) is 8.49. The zero-order valence-electron chi connectivity index (χ0n) is 18.2. The second kappa shape index (κ2) is 12.6. The summed E-state index contributed by atoms with van der Waals surface area (Å²) in [5.74, 6) is 0.688. The smallest absolute Gasteiger partial charge is 0.111 e. The molecule has 1 aliphatic heterocycles. The molecular formula is C20H45N7. The molecule has 0 amide bonds. The Hall–Kier alpha value is -0.860. The van der Waals surface area contributed by atoms with Crippen molar-refractivity contribution in [3.05, 3.63) is 11.9 Å². The molecule has 7 nitrogen and oxygen atoms in total. The van der Waals surface area contributed by atoms with Crippen LogP contribution in [0.4, 0.5) is 0 Å². The Morgan fingerprint density at radius 1 is 1.22 bits per heavy atom. The van der Waals surface area contributed by atoms with E-state index in [0.717, 1.165) is 37.9 Å². The van der Waals surface area contributed by atoms with Crippen LogP contribution in [0.25, 0.3) is 0 Å². The Morgan fingerprint density at radius 3 is 2.52 bits per heavy atom. The first-order valence-electron chi connectivity index (χ1n) is 10.7. The van der Waals surface area contributed by atoms with E-state index >= 15 is 0 Å². The Balaban J connectivity index is 2.59. The molecular weight excluding hydrogens is 338 g/mol. The number of rotatable bonds is 12. The summed E-state index contributed by atoms with van der Waals surface area (Å²) in [7, 11) is 2.12. The fraction of sp³-hybridized carbons (Fsp3) is 0.900. The SMILES string of the molecule is CCCC[C@@H](C)N(C)/C(=C\N)C1C[C@@H](NC[C@H](N)CCC(C)C)NC(N)N1. The third kappa shape index (κ3) is 8.79. The summed E-state index contributed by atoms with van der Waals surface area (Å²) in [5.41, 5.74) is 19.6. The van der Waals surface area contributed by atoms with Gasteiger partial charge in [-0.05, 0) is 38.5 Å². The lowest BCUT2D eigenvalue weighted by Gasteiger charge is -2.41. The first-order chi connectivity index (χ1) is 12.8. The minimum absolute atomic E-state index is 0.115. The Kier molecular flexibility index (Phi) is 11.3. The Bertz CT molecular complexity index is 427. The van der Waals surface area contributed by atoms with Gasteiger partial charge >= 0.3 is 0 Å². The van der Waals surface area contributed by atoms with E-state index < -0.39 is 0 Å². The zero-order chi connectivity index (χ0) is 20.4. The molecule has 1 heterocycles. The summed E-state index contributed by atoms with van der Waals surface area (Å²) in [6.45, 7) is 9.73. The number of hydrogen-bond donors (Lipinski definition) is 6. The third-order valence-corrected chi connectivity index (χ3v) is 5.55. The van der Waals surface area contributed by atoms with Crippen molar-refractivity contribution < 1.29 is 0 Å². The Morgan fingerprint density at radius 2 is 1.93 bits per heavy atom. The van der Waals surface area contributed by atoms with E-state index in [1.54, 1.807) is 6.20 Å². The van der Waals surface area contributed by atoms with Crippen LogP contribution in [0.3, 0.4) is 0 Å². The molecule has 5 atom stereocenters. The van der Waals surface area contributed by atoms with E-state index in [1.165, 1.54) is 12.8 Å².